The largest absolute Gasteiger partial charge is 0.316 e. The molecule has 25 heavy (non-hydrogen) atoms. The molecule has 134 valence electrons. The minimum atomic E-state index is 0.738. The number of nitrogens with one attached hydrogen (secondary N) is 1. The molecule has 2 aromatic carbocycles. The number of hydrogen-bond acceptors (Lipinski definition) is 1. The second-order valence-electron chi connectivity index (χ2n) is 7.68. The van der Waals surface area contributed by atoms with Crippen molar-refractivity contribution in [3.8, 4) is 0 Å². The number of hydrogen-bond donors (Lipinski definition) is 1. The van der Waals surface area contributed by atoms with Gasteiger partial charge in [-0.05, 0) is 68.2 Å². The lowest BCUT2D eigenvalue weighted by Crippen LogP contribution is -2.07. The van der Waals surface area contributed by atoms with Crippen LogP contribution in [0.25, 0.3) is 0 Å². The molecule has 1 atom stereocenters. The molecule has 1 aliphatic heterocycles. The number of rotatable bonds is 9. The van der Waals surface area contributed by atoms with E-state index in [1.807, 2.05) is 0 Å². The molecular formula is C24H33N. The highest BCUT2D eigenvalue weighted by molar-refractivity contribution is 5.26. The van der Waals surface area contributed by atoms with Gasteiger partial charge in [-0.15, -0.1) is 0 Å². The predicted octanol–water partition coefficient (Wildman–Crippen LogP) is 5.81. The first kappa shape index (κ1) is 18.2. The fourth-order valence-electron chi connectivity index (χ4n) is 3.84. The summed E-state index contributed by atoms with van der Waals surface area (Å²) in [4.78, 5) is 0. The van der Waals surface area contributed by atoms with Crippen molar-refractivity contribution in [2.75, 3.05) is 13.1 Å². The number of benzene rings is 2. The zero-order valence-electron chi connectivity index (χ0n) is 15.8. The van der Waals surface area contributed by atoms with E-state index in [1.54, 1.807) is 0 Å². The standard InChI is InChI=1S/C24H33N/c1-20-9-11-21(12-10-20)7-5-3-2-4-6-8-22-13-15-23(16-14-22)24-17-18-25-19-24/h9-16,24-25H,2-8,17-19H2,1H3. The molecule has 0 radical (unpaired) electrons. The molecule has 1 aliphatic rings. The topological polar surface area (TPSA) is 12.0 Å². The Kier molecular flexibility index (Phi) is 7.11. The Labute approximate surface area is 153 Å². The van der Waals surface area contributed by atoms with Gasteiger partial charge in [0.15, 0.2) is 0 Å². The van der Waals surface area contributed by atoms with Crippen LogP contribution in [0.3, 0.4) is 0 Å². The molecule has 0 saturated carbocycles. The Bertz CT molecular complexity index is 606. The van der Waals surface area contributed by atoms with Gasteiger partial charge in [0.2, 0.25) is 0 Å². The summed E-state index contributed by atoms with van der Waals surface area (Å²) in [6.45, 7) is 4.49. The summed E-state index contributed by atoms with van der Waals surface area (Å²) in [5, 5.41) is 3.46. The summed E-state index contributed by atoms with van der Waals surface area (Å²) < 4.78 is 0. The van der Waals surface area contributed by atoms with E-state index in [4.69, 9.17) is 0 Å². The number of unbranched alkanes of at least 4 members (excludes halogenated alkanes) is 4. The smallest absolute Gasteiger partial charge is 0.00206 e. The van der Waals surface area contributed by atoms with E-state index in [2.05, 4.69) is 60.8 Å². The Balaban J connectivity index is 1.26. The summed E-state index contributed by atoms with van der Waals surface area (Å²) in [6, 6.07) is 18.4. The van der Waals surface area contributed by atoms with Gasteiger partial charge in [-0.2, -0.15) is 0 Å². The summed E-state index contributed by atoms with van der Waals surface area (Å²) in [6.07, 6.45) is 10.5. The molecule has 2 aromatic rings. The molecule has 0 amide bonds. The molecule has 1 N–H and O–H groups in total. The highest BCUT2D eigenvalue weighted by Crippen LogP contribution is 2.23. The van der Waals surface area contributed by atoms with Crippen molar-refractivity contribution in [2.45, 2.75) is 64.2 Å². The lowest BCUT2D eigenvalue weighted by Gasteiger charge is -2.09. The van der Waals surface area contributed by atoms with E-state index in [9.17, 15) is 0 Å². The van der Waals surface area contributed by atoms with E-state index in [1.165, 1.54) is 80.2 Å². The lowest BCUT2D eigenvalue weighted by molar-refractivity contribution is 0.613. The van der Waals surface area contributed by atoms with Gasteiger partial charge >= 0.3 is 0 Å². The fraction of sp³-hybridized carbons (Fsp3) is 0.500. The van der Waals surface area contributed by atoms with Crippen LogP contribution >= 0.6 is 0 Å². The van der Waals surface area contributed by atoms with Crippen molar-refractivity contribution in [1.29, 1.82) is 0 Å². The van der Waals surface area contributed by atoms with Gasteiger partial charge in [-0.1, -0.05) is 73.4 Å². The van der Waals surface area contributed by atoms with Gasteiger partial charge in [-0.25, -0.2) is 0 Å². The van der Waals surface area contributed by atoms with Gasteiger partial charge in [0.25, 0.3) is 0 Å². The zero-order valence-corrected chi connectivity index (χ0v) is 15.8. The molecule has 0 aliphatic carbocycles. The first-order chi connectivity index (χ1) is 12.3. The molecule has 1 saturated heterocycles. The van der Waals surface area contributed by atoms with E-state index >= 15 is 0 Å². The molecule has 1 fully saturated rings. The molecule has 3 rings (SSSR count). The summed E-state index contributed by atoms with van der Waals surface area (Å²) in [5.41, 5.74) is 5.87. The Morgan fingerprint density at radius 1 is 0.760 bits per heavy atom. The first-order valence-corrected chi connectivity index (χ1v) is 10.2. The number of aryl methyl sites for hydroxylation is 3. The lowest BCUT2D eigenvalue weighted by atomic mass is 9.96. The van der Waals surface area contributed by atoms with E-state index in [0.29, 0.717) is 0 Å². The van der Waals surface area contributed by atoms with Crippen LogP contribution in [0.15, 0.2) is 48.5 Å². The monoisotopic (exact) mass is 335 g/mol. The van der Waals surface area contributed by atoms with Crippen LogP contribution in [0.2, 0.25) is 0 Å². The van der Waals surface area contributed by atoms with Crippen molar-refractivity contribution in [1.82, 2.24) is 5.32 Å². The van der Waals surface area contributed by atoms with Crippen LogP contribution < -0.4 is 5.32 Å². The first-order valence-electron chi connectivity index (χ1n) is 10.2. The van der Waals surface area contributed by atoms with Crippen molar-refractivity contribution in [3.05, 3.63) is 70.8 Å². The normalized spacial score (nSPS) is 17.1. The molecule has 1 nitrogen and oxygen atoms in total. The summed E-state index contributed by atoms with van der Waals surface area (Å²) >= 11 is 0. The van der Waals surface area contributed by atoms with E-state index in [-0.39, 0.29) is 0 Å². The maximum Gasteiger partial charge on any atom is 0.00206 e. The van der Waals surface area contributed by atoms with Gasteiger partial charge < -0.3 is 5.32 Å². The molecule has 0 aromatic heterocycles. The Hall–Kier alpha value is -1.60. The van der Waals surface area contributed by atoms with Gasteiger partial charge in [-0.3, -0.25) is 0 Å². The second-order valence-corrected chi connectivity index (χ2v) is 7.68. The Morgan fingerprint density at radius 2 is 1.32 bits per heavy atom. The molecular weight excluding hydrogens is 302 g/mol. The van der Waals surface area contributed by atoms with Gasteiger partial charge in [0.05, 0.1) is 0 Å². The molecule has 1 heteroatoms. The summed E-state index contributed by atoms with van der Waals surface area (Å²) in [7, 11) is 0. The van der Waals surface area contributed by atoms with Crippen LogP contribution in [0, 0.1) is 6.92 Å². The van der Waals surface area contributed by atoms with Crippen LogP contribution in [-0.2, 0) is 12.8 Å². The third kappa shape index (κ3) is 6.01. The van der Waals surface area contributed by atoms with E-state index in [0.717, 1.165) is 12.5 Å². The average molecular weight is 336 g/mol. The minimum absolute atomic E-state index is 0.738. The zero-order chi connectivity index (χ0) is 17.3. The van der Waals surface area contributed by atoms with Crippen LogP contribution in [-0.4, -0.2) is 13.1 Å². The highest BCUT2D eigenvalue weighted by atomic mass is 14.9. The van der Waals surface area contributed by atoms with Crippen molar-refractivity contribution < 1.29 is 0 Å². The fourth-order valence-corrected chi connectivity index (χ4v) is 3.84. The molecule has 1 unspecified atom stereocenters. The van der Waals surface area contributed by atoms with Crippen molar-refractivity contribution in [2.24, 2.45) is 0 Å². The third-order valence-corrected chi connectivity index (χ3v) is 5.56. The second kappa shape index (κ2) is 9.77. The molecule has 0 spiro atoms. The molecule has 1 heterocycles. The van der Waals surface area contributed by atoms with Crippen LogP contribution in [0.1, 0.15) is 66.7 Å². The van der Waals surface area contributed by atoms with Crippen molar-refractivity contribution in [3.63, 3.8) is 0 Å². The van der Waals surface area contributed by atoms with E-state index < -0.39 is 0 Å². The van der Waals surface area contributed by atoms with Crippen LogP contribution in [0.5, 0.6) is 0 Å². The predicted molar refractivity (Wildman–Crippen MR) is 108 cm³/mol. The third-order valence-electron chi connectivity index (χ3n) is 5.56. The minimum Gasteiger partial charge on any atom is -0.316 e. The average Bonchev–Trinajstić information content (AvgIpc) is 3.18. The maximum atomic E-state index is 3.46. The van der Waals surface area contributed by atoms with Crippen molar-refractivity contribution >= 4 is 0 Å². The SMILES string of the molecule is Cc1ccc(CCCCCCCc2ccc(C3CCNC3)cc2)cc1. The molecule has 0 bridgehead atoms. The highest BCUT2D eigenvalue weighted by Gasteiger charge is 2.15. The quantitative estimate of drug-likeness (QED) is 0.570. The summed E-state index contributed by atoms with van der Waals surface area (Å²) in [5.74, 6) is 0.738. The van der Waals surface area contributed by atoms with Gasteiger partial charge in [0, 0.05) is 6.54 Å². The van der Waals surface area contributed by atoms with Crippen LogP contribution in [0.4, 0.5) is 0 Å². The Morgan fingerprint density at radius 3 is 1.88 bits per heavy atom. The maximum absolute atomic E-state index is 3.46. The van der Waals surface area contributed by atoms with Gasteiger partial charge in [0.1, 0.15) is 0 Å².